The highest BCUT2D eigenvalue weighted by Gasteiger charge is 2.25. The third-order valence-corrected chi connectivity index (χ3v) is 4.45. The maximum atomic E-state index is 12.2. The van der Waals surface area contributed by atoms with Gasteiger partial charge in [-0.2, -0.15) is 0 Å². The van der Waals surface area contributed by atoms with Gasteiger partial charge in [-0.3, -0.25) is 4.79 Å². The lowest BCUT2D eigenvalue weighted by Crippen LogP contribution is -2.22. The van der Waals surface area contributed by atoms with Crippen molar-refractivity contribution in [3.63, 3.8) is 0 Å². The lowest BCUT2D eigenvalue weighted by molar-refractivity contribution is 0.0787. The Hall–Kier alpha value is -1.35. The van der Waals surface area contributed by atoms with Crippen LogP contribution in [-0.4, -0.2) is 30.1 Å². The van der Waals surface area contributed by atoms with Gasteiger partial charge in [0.05, 0.1) is 6.10 Å². The number of hydrogen-bond donors (Lipinski definition) is 0. The SMILES string of the molecule is CCN1Cc2ccc(CCCC3CCCO3)cc2C1=O. The molecule has 1 aromatic carbocycles. The van der Waals surface area contributed by atoms with Crippen LogP contribution < -0.4 is 0 Å². The number of rotatable bonds is 5. The largest absolute Gasteiger partial charge is 0.378 e. The van der Waals surface area contributed by atoms with Gasteiger partial charge in [-0.25, -0.2) is 0 Å². The van der Waals surface area contributed by atoms with E-state index in [1.807, 2.05) is 11.8 Å². The van der Waals surface area contributed by atoms with E-state index in [1.165, 1.54) is 24.0 Å². The molecule has 0 N–H and O–H groups in total. The minimum absolute atomic E-state index is 0.198. The Morgan fingerprint density at radius 1 is 1.40 bits per heavy atom. The Morgan fingerprint density at radius 2 is 2.30 bits per heavy atom. The van der Waals surface area contributed by atoms with Crippen LogP contribution in [-0.2, 0) is 17.7 Å². The number of hydrogen-bond acceptors (Lipinski definition) is 2. The van der Waals surface area contributed by atoms with Gasteiger partial charge in [0.1, 0.15) is 0 Å². The molecule has 2 aliphatic rings. The topological polar surface area (TPSA) is 29.5 Å². The zero-order valence-corrected chi connectivity index (χ0v) is 12.2. The molecule has 3 heteroatoms. The van der Waals surface area contributed by atoms with E-state index in [0.717, 1.165) is 44.5 Å². The molecule has 1 saturated heterocycles. The summed E-state index contributed by atoms with van der Waals surface area (Å²) in [5, 5.41) is 0. The van der Waals surface area contributed by atoms with Crippen molar-refractivity contribution >= 4 is 5.91 Å². The molecular formula is C17H23NO2. The summed E-state index contributed by atoms with van der Waals surface area (Å²) in [4.78, 5) is 14.1. The highest BCUT2D eigenvalue weighted by atomic mass is 16.5. The van der Waals surface area contributed by atoms with Crippen molar-refractivity contribution in [2.24, 2.45) is 0 Å². The van der Waals surface area contributed by atoms with E-state index in [4.69, 9.17) is 4.74 Å². The fraction of sp³-hybridized carbons (Fsp3) is 0.588. The molecule has 20 heavy (non-hydrogen) atoms. The summed E-state index contributed by atoms with van der Waals surface area (Å²) in [6.07, 6.45) is 6.24. The van der Waals surface area contributed by atoms with Crippen molar-refractivity contribution < 1.29 is 9.53 Å². The fourth-order valence-corrected chi connectivity index (χ4v) is 3.23. The zero-order valence-electron chi connectivity index (χ0n) is 12.2. The first-order valence-electron chi connectivity index (χ1n) is 7.80. The van der Waals surface area contributed by atoms with Crippen molar-refractivity contribution in [2.45, 2.75) is 51.7 Å². The molecule has 108 valence electrons. The van der Waals surface area contributed by atoms with Crippen LogP contribution in [0, 0.1) is 0 Å². The number of ether oxygens (including phenoxy) is 1. The average Bonchev–Trinajstić information content (AvgIpc) is 3.08. The van der Waals surface area contributed by atoms with Crippen LogP contribution in [0.2, 0.25) is 0 Å². The minimum Gasteiger partial charge on any atom is -0.378 e. The second-order valence-corrected chi connectivity index (χ2v) is 5.84. The molecule has 3 rings (SSSR count). The third-order valence-electron chi connectivity index (χ3n) is 4.45. The summed E-state index contributed by atoms with van der Waals surface area (Å²) in [5.41, 5.74) is 3.38. The van der Waals surface area contributed by atoms with Gasteiger partial charge in [-0.15, -0.1) is 0 Å². The van der Waals surface area contributed by atoms with E-state index in [9.17, 15) is 4.79 Å². The molecule has 2 aliphatic heterocycles. The lowest BCUT2D eigenvalue weighted by Gasteiger charge is -2.10. The summed E-state index contributed by atoms with van der Waals surface area (Å²) in [7, 11) is 0. The van der Waals surface area contributed by atoms with E-state index in [-0.39, 0.29) is 5.91 Å². The average molecular weight is 273 g/mol. The second kappa shape index (κ2) is 5.96. The Morgan fingerprint density at radius 3 is 3.05 bits per heavy atom. The van der Waals surface area contributed by atoms with Crippen LogP contribution in [0.3, 0.4) is 0 Å². The molecule has 2 heterocycles. The van der Waals surface area contributed by atoms with Crippen LogP contribution in [0.1, 0.15) is 54.1 Å². The molecule has 3 nitrogen and oxygen atoms in total. The smallest absolute Gasteiger partial charge is 0.254 e. The van der Waals surface area contributed by atoms with Crippen LogP contribution in [0.25, 0.3) is 0 Å². The van der Waals surface area contributed by atoms with Crippen molar-refractivity contribution in [1.29, 1.82) is 0 Å². The van der Waals surface area contributed by atoms with Gasteiger partial charge in [-0.1, -0.05) is 12.1 Å². The van der Waals surface area contributed by atoms with E-state index < -0.39 is 0 Å². The molecule has 1 fully saturated rings. The first kappa shape index (κ1) is 13.6. The minimum atomic E-state index is 0.198. The number of carbonyl (C=O) groups excluding carboxylic acids is 1. The number of amides is 1. The van der Waals surface area contributed by atoms with Gasteiger partial charge < -0.3 is 9.64 Å². The van der Waals surface area contributed by atoms with Crippen molar-refractivity contribution in [1.82, 2.24) is 4.90 Å². The monoisotopic (exact) mass is 273 g/mol. The Balaban J connectivity index is 1.59. The van der Waals surface area contributed by atoms with Gasteiger partial charge in [0.25, 0.3) is 5.91 Å². The molecule has 0 spiro atoms. The fourth-order valence-electron chi connectivity index (χ4n) is 3.23. The first-order chi connectivity index (χ1) is 9.78. The zero-order chi connectivity index (χ0) is 13.9. The Kier molecular flexibility index (Phi) is 4.06. The highest BCUT2D eigenvalue weighted by Crippen LogP contribution is 2.25. The number of carbonyl (C=O) groups is 1. The van der Waals surface area contributed by atoms with Crippen molar-refractivity contribution in [3.05, 3.63) is 34.9 Å². The van der Waals surface area contributed by atoms with Crippen LogP contribution >= 0.6 is 0 Å². The van der Waals surface area contributed by atoms with Crippen molar-refractivity contribution in [2.75, 3.05) is 13.2 Å². The molecule has 1 unspecified atom stereocenters. The molecule has 0 aromatic heterocycles. The maximum Gasteiger partial charge on any atom is 0.254 e. The standard InChI is InChI=1S/C17H23NO2/c1-2-18-12-14-9-8-13(11-16(14)17(18)19)5-3-6-15-7-4-10-20-15/h8-9,11,15H,2-7,10,12H2,1H3. The van der Waals surface area contributed by atoms with E-state index in [1.54, 1.807) is 0 Å². The Bertz CT molecular complexity index is 492. The number of fused-ring (bicyclic) bond motifs is 1. The van der Waals surface area contributed by atoms with E-state index >= 15 is 0 Å². The summed E-state index contributed by atoms with van der Waals surface area (Å²) in [6.45, 7) is 4.54. The van der Waals surface area contributed by atoms with Gasteiger partial charge in [0, 0.05) is 25.3 Å². The molecular weight excluding hydrogens is 250 g/mol. The van der Waals surface area contributed by atoms with Gasteiger partial charge in [-0.05, 0) is 56.2 Å². The van der Waals surface area contributed by atoms with Crippen LogP contribution in [0.5, 0.6) is 0 Å². The van der Waals surface area contributed by atoms with Crippen molar-refractivity contribution in [3.8, 4) is 0 Å². The van der Waals surface area contributed by atoms with Crippen LogP contribution in [0.4, 0.5) is 0 Å². The molecule has 0 aliphatic carbocycles. The third kappa shape index (κ3) is 2.73. The van der Waals surface area contributed by atoms with Gasteiger partial charge in [0.15, 0.2) is 0 Å². The summed E-state index contributed by atoms with van der Waals surface area (Å²) in [6, 6.07) is 6.41. The van der Waals surface area contributed by atoms with Gasteiger partial charge >= 0.3 is 0 Å². The molecule has 1 atom stereocenters. The quantitative estimate of drug-likeness (QED) is 0.824. The highest BCUT2D eigenvalue weighted by molar-refractivity contribution is 5.98. The second-order valence-electron chi connectivity index (χ2n) is 5.84. The molecule has 1 aromatic rings. The first-order valence-corrected chi connectivity index (χ1v) is 7.80. The predicted octanol–water partition coefficient (Wildman–Crippen LogP) is 3.16. The van der Waals surface area contributed by atoms with E-state index in [2.05, 4.69) is 18.2 Å². The molecule has 0 saturated carbocycles. The lowest BCUT2D eigenvalue weighted by atomic mass is 10.0. The predicted molar refractivity (Wildman–Crippen MR) is 78.8 cm³/mol. The molecule has 0 radical (unpaired) electrons. The summed E-state index contributed by atoms with van der Waals surface area (Å²) < 4.78 is 5.65. The number of benzene rings is 1. The molecule has 1 amide bonds. The van der Waals surface area contributed by atoms with E-state index in [0.29, 0.717) is 6.10 Å². The summed E-state index contributed by atoms with van der Waals surface area (Å²) in [5.74, 6) is 0.198. The van der Waals surface area contributed by atoms with Crippen LogP contribution in [0.15, 0.2) is 18.2 Å². The normalized spacial score (nSPS) is 21.6. The Labute approximate surface area is 120 Å². The molecule has 0 bridgehead atoms. The number of nitrogens with zero attached hydrogens (tertiary/aromatic N) is 1. The van der Waals surface area contributed by atoms with Gasteiger partial charge in [0.2, 0.25) is 0 Å². The maximum absolute atomic E-state index is 12.2. The number of aryl methyl sites for hydroxylation is 1. The summed E-state index contributed by atoms with van der Waals surface area (Å²) >= 11 is 0.